The molecule has 0 saturated heterocycles. The predicted molar refractivity (Wildman–Crippen MR) is 19.7 cm³/mol. The summed E-state index contributed by atoms with van der Waals surface area (Å²) in [5, 5.41) is 17.4. The van der Waals surface area contributed by atoms with Crippen molar-refractivity contribution < 1.29 is 5.21 Å². The summed E-state index contributed by atoms with van der Waals surface area (Å²) in [6, 6.07) is 0. The van der Waals surface area contributed by atoms with E-state index >= 15 is 0 Å². The molecule has 0 aromatic carbocycles. The number of hydrogen-bond donors (Lipinski definition) is 1. The maximum atomic E-state index is 9.61. The monoisotopic (exact) mass is 86.0 g/mol. The van der Waals surface area contributed by atoms with Gasteiger partial charge in [0.2, 0.25) is 0 Å². The van der Waals surface area contributed by atoms with E-state index in [9.17, 15) is 5.21 Å². The van der Waals surface area contributed by atoms with E-state index in [0.717, 1.165) is 0 Å². The van der Waals surface area contributed by atoms with Gasteiger partial charge in [-0.05, 0) is 0 Å². The van der Waals surface area contributed by atoms with Gasteiger partial charge in [0.05, 0.1) is 0 Å². The highest BCUT2D eigenvalue weighted by Gasteiger charge is 2.05. The molecule has 0 fully saturated rings. The molecule has 1 aliphatic rings. The first-order valence-corrected chi connectivity index (χ1v) is 1.66. The molecule has 0 spiro atoms. The Balaban J connectivity index is 2.31. The van der Waals surface area contributed by atoms with Crippen LogP contribution in [0.5, 0.6) is 0 Å². The van der Waals surface area contributed by atoms with Crippen LogP contribution in [-0.2, 0) is 0 Å². The van der Waals surface area contributed by atoms with Crippen molar-refractivity contribution in [3.8, 4) is 0 Å². The van der Waals surface area contributed by atoms with E-state index in [1.54, 1.807) is 6.08 Å². The lowest BCUT2D eigenvalue weighted by atomic mass is 10.8. The number of hydrogen-bond acceptors (Lipinski definition) is 3. The lowest BCUT2D eigenvalue weighted by molar-refractivity contribution is 0.00198. The van der Waals surface area contributed by atoms with Crippen LogP contribution in [0.25, 0.3) is 0 Å². The van der Waals surface area contributed by atoms with Gasteiger partial charge in [-0.3, -0.25) is 5.21 Å². The minimum absolute atomic E-state index is 0.111. The summed E-state index contributed by atoms with van der Waals surface area (Å²) in [6.45, 7) is 0. The molecule has 6 heavy (non-hydrogen) atoms. The van der Waals surface area contributed by atoms with E-state index in [1.165, 1.54) is 0 Å². The Hall–Kier alpha value is -0.540. The molecule has 0 heterocycles. The van der Waals surface area contributed by atoms with Crippen molar-refractivity contribution in [3.05, 3.63) is 17.0 Å². The first-order valence-electron chi connectivity index (χ1n) is 1.66. The fraction of sp³-hybridized carbons (Fsp3) is 0.333. The van der Waals surface area contributed by atoms with Gasteiger partial charge in [0.15, 0.2) is 0 Å². The zero-order chi connectivity index (χ0) is 4.57. The van der Waals surface area contributed by atoms with Crippen molar-refractivity contribution >= 4 is 0 Å². The summed E-state index contributed by atoms with van der Waals surface area (Å²) in [5.74, 6) is 0. The minimum atomic E-state index is -0.111. The van der Waals surface area contributed by atoms with Crippen molar-refractivity contribution in [2.24, 2.45) is 0 Å². The molecule has 1 N–H and O–H groups in total. The maximum Gasteiger partial charge on any atom is 0.0285 e. The average Bonchev–Trinajstić information content (AvgIpc) is 2.06. The lowest BCUT2D eigenvalue weighted by Gasteiger charge is -2.16. The van der Waals surface area contributed by atoms with Crippen LogP contribution in [0.3, 0.4) is 0 Å². The van der Waals surface area contributed by atoms with Gasteiger partial charge in [-0.2, -0.15) is 0 Å². The maximum absolute atomic E-state index is 9.61. The summed E-state index contributed by atoms with van der Waals surface area (Å²) in [7, 11) is 0. The third kappa shape index (κ3) is 0.502. The SMILES string of the molecule is [O-]N(O)C1=CC1. The van der Waals surface area contributed by atoms with Crippen LogP contribution in [0, 0.1) is 5.21 Å². The molecule has 0 saturated carbocycles. The van der Waals surface area contributed by atoms with Crippen molar-refractivity contribution in [3.63, 3.8) is 0 Å². The molecular weight excluding hydrogens is 82.0 g/mol. The van der Waals surface area contributed by atoms with Crippen LogP contribution >= 0.6 is 0 Å². The topological polar surface area (TPSA) is 46.5 Å². The Bertz CT molecular complexity index is 86.8. The van der Waals surface area contributed by atoms with Gasteiger partial charge in [0.1, 0.15) is 0 Å². The lowest BCUT2D eigenvalue weighted by Crippen LogP contribution is -2.00. The molecule has 1 rings (SSSR count). The summed E-state index contributed by atoms with van der Waals surface area (Å²) in [4.78, 5) is 0. The molecule has 0 aromatic rings. The Kier molecular flexibility index (Phi) is 0.583. The van der Waals surface area contributed by atoms with Gasteiger partial charge in [-0.25, -0.2) is 0 Å². The Morgan fingerprint density at radius 3 is 2.50 bits per heavy atom. The van der Waals surface area contributed by atoms with Gasteiger partial charge in [0.25, 0.3) is 0 Å². The van der Waals surface area contributed by atoms with Crippen LogP contribution in [0.15, 0.2) is 11.8 Å². The Morgan fingerprint density at radius 2 is 2.50 bits per heavy atom. The summed E-state index contributed by atoms with van der Waals surface area (Å²) in [6.07, 6.45) is 2.30. The molecule has 0 atom stereocenters. The number of hydroxylamine groups is 2. The fourth-order valence-corrected chi connectivity index (χ4v) is 0.202. The molecule has 1 aliphatic carbocycles. The van der Waals surface area contributed by atoms with Crippen molar-refractivity contribution in [2.45, 2.75) is 6.42 Å². The number of allylic oxidation sites excluding steroid dienone is 2. The highest BCUT2D eigenvalue weighted by Crippen LogP contribution is 2.19. The van der Waals surface area contributed by atoms with Gasteiger partial charge in [-0.15, -0.1) is 0 Å². The van der Waals surface area contributed by atoms with E-state index in [4.69, 9.17) is 5.21 Å². The first-order chi connectivity index (χ1) is 2.80. The molecule has 34 valence electrons. The van der Waals surface area contributed by atoms with E-state index in [0.29, 0.717) is 12.1 Å². The Labute approximate surface area is 35.0 Å². The normalized spacial score (nSPS) is 16.7. The average molecular weight is 86.1 g/mol. The highest BCUT2D eigenvalue weighted by molar-refractivity contribution is 5.18. The van der Waals surface area contributed by atoms with Gasteiger partial charge < -0.3 is 10.4 Å². The second-order valence-corrected chi connectivity index (χ2v) is 1.17. The fourth-order valence-electron chi connectivity index (χ4n) is 0.202. The molecule has 0 aliphatic heterocycles. The zero-order valence-electron chi connectivity index (χ0n) is 3.09. The summed E-state index contributed by atoms with van der Waals surface area (Å²) < 4.78 is 0. The molecule has 0 amide bonds. The molecule has 3 nitrogen and oxygen atoms in total. The van der Waals surface area contributed by atoms with Crippen LogP contribution in [0.2, 0.25) is 0 Å². The molecule has 0 unspecified atom stereocenters. The smallest absolute Gasteiger partial charge is 0.0285 e. The minimum Gasteiger partial charge on any atom is -0.734 e. The zero-order valence-corrected chi connectivity index (χ0v) is 3.09. The number of rotatable bonds is 1. The van der Waals surface area contributed by atoms with Gasteiger partial charge in [0, 0.05) is 12.1 Å². The standard InChI is InChI=1S/C3H4NO2/c5-4(6)3-1-2-3/h1,5H,2H2/q-1. The first kappa shape index (κ1) is 3.64. The van der Waals surface area contributed by atoms with Crippen LogP contribution in [0.4, 0.5) is 0 Å². The molecule has 3 heteroatoms. The van der Waals surface area contributed by atoms with Gasteiger partial charge in [-0.1, -0.05) is 6.08 Å². The van der Waals surface area contributed by atoms with E-state index in [-0.39, 0.29) is 5.23 Å². The van der Waals surface area contributed by atoms with Crippen LogP contribution in [0.1, 0.15) is 6.42 Å². The van der Waals surface area contributed by atoms with E-state index in [1.807, 2.05) is 0 Å². The molecule has 0 bridgehead atoms. The molecule has 0 radical (unpaired) electrons. The van der Waals surface area contributed by atoms with Crippen molar-refractivity contribution in [1.29, 1.82) is 0 Å². The van der Waals surface area contributed by atoms with Crippen LogP contribution in [-0.4, -0.2) is 10.4 Å². The third-order valence-corrected chi connectivity index (χ3v) is 0.632. The van der Waals surface area contributed by atoms with Crippen LogP contribution < -0.4 is 0 Å². The third-order valence-electron chi connectivity index (χ3n) is 0.632. The summed E-state index contributed by atoms with van der Waals surface area (Å²) in [5.41, 5.74) is 0.468. The predicted octanol–water partition coefficient (Wildman–Crippen LogP) is 0.463. The van der Waals surface area contributed by atoms with E-state index < -0.39 is 0 Å². The van der Waals surface area contributed by atoms with Gasteiger partial charge >= 0.3 is 0 Å². The Morgan fingerprint density at radius 1 is 2.00 bits per heavy atom. The number of nitrogens with zero attached hydrogens (tertiary/aromatic N) is 1. The molecular formula is C3H4NO2-. The second kappa shape index (κ2) is 0.959. The highest BCUT2D eigenvalue weighted by atomic mass is 16.8. The quantitative estimate of drug-likeness (QED) is 0.471. The van der Waals surface area contributed by atoms with Crippen molar-refractivity contribution in [2.75, 3.05) is 0 Å². The molecule has 0 aromatic heterocycles. The van der Waals surface area contributed by atoms with E-state index in [2.05, 4.69) is 0 Å². The van der Waals surface area contributed by atoms with Crippen molar-refractivity contribution in [1.82, 2.24) is 5.23 Å². The summed E-state index contributed by atoms with van der Waals surface area (Å²) >= 11 is 0. The second-order valence-electron chi connectivity index (χ2n) is 1.17. The largest absolute Gasteiger partial charge is 0.734 e.